The second-order valence-corrected chi connectivity index (χ2v) is 889. The van der Waals surface area contributed by atoms with Crippen LogP contribution in [0.25, 0.3) is 0 Å². The molecule has 32 unspecified atom stereocenters. The predicted octanol–water partition coefficient (Wildman–Crippen LogP) is -63.6. The summed E-state index contributed by atoms with van der Waals surface area (Å²) in [6, 6.07) is 0. The van der Waals surface area contributed by atoms with Crippen molar-refractivity contribution in [1.29, 1.82) is 0 Å². The van der Waals surface area contributed by atoms with Crippen LogP contribution in [-0.4, -0.2) is 749 Å². The van der Waals surface area contributed by atoms with Gasteiger partial charge in [-0.2, -0.15) is 0 Å². The molecule has 37 fully saturated rings. The summed E-state index contributed by atoms with van der Waals surface area (Å²) in [6.45, 7) is 8.53. The molecule has 106 heavy (non-hydrogen) atoms. The van der Waals surface area contributed by atoms with Crippen molar-refractivity contribution < 1.29 is 0 Å². The lowest BCUT2D eigenvalue weighted by atomic mass is 10.6. The fourth-order valence-electron chi connectivity index (χ4n) is 44.6. The Morgan fingerprint density at radius 2 is 0.292 bits per heavy atom. The smallest absolute Gasteiger partial charge is 0.0776 e. The molecule has 0 aliphatic carbocycles. The molecule has 0 bridgehead atoms. The van der Waals surface area contributed by atoms with Crippen LogP contribution >= 0.6 is 0 Å². The minimum Gasteiger partial charge on any atom is -0.0776 e. The van der Waals surface area contributed by atoms with Gasteiger partial charge in [-0.3, -0.25) is 0 Å². The zero-order valence-corrected chi connectivity index (χ0v) is 167. The van der Waals surface area contributed by atoms with Crippen molar-refractivity contribution in [2.24, 2.45) is 0 Å². The molecule has 37 aliphatic heterocycles. The molecule has 3 radical (unpaired) electrons. The van der Waals surface area contributed by atoms with Crippen LogP contribution in [-0.2, 0) is 0 Å². The lowest BCUT2D eigenvalue weighted by Gasteiger charge is -3.00. The van der Waals surface area contributed by atoms with Crippen LogP contribution in [0.5, 0.6) is 0 Å². The average molecular weight is 2750 g/mol. The van der Waals surface area contributed by atoms with Gasteiger partial charge in [-0.05, 0) is 670 Å². The van der Waals surface area contributed by atoms with E-state index < -0.39 is 0 Å². The van der Waals surface area contributed by atoms with E-state index in [9.17, 15) is 0 Å². The van der Waals surface area contributed by atoms with Crippen LogP contribution in [0.3, 0.4) is 0 Å². The summed E-state index contributed by atoms with van der Waals surface area (Å²) < 4.78 is 0. The third kappa shape index (κ3) is 12.5. The van der Waals surface area contributed by atoms with Crippen molar-refractivity contribution in [3.05, 3.63) is 0 Å². The van der Waals surface area contributed by atoms with Gasteiger partial charge in [0.15, 0.2) is 0 Å². The second-order valence-electron chi connectivity index (χ2n) is 46.8. The van der Waals surface area contributed by atoms with Crippen molar-refractivity contribution in [2.45, 2.75) is 66.8 Å². The first kappa shape index (κ1) is 92.6. The van der Waals surface area contributed by atoms with Crippen molar-refractivity contribution in [3.8, 4) is 0 Å². The van der Waals surface area contributed by atoms with Crippen LogP contribution in [0.4, 0.5) is 0 Å². The summed E-state index contributed by atoms with van der Waals surface area (Å²) in [7, 11) is 62.1. The van der Waals surface area contributed by atoms with Gasteiger partial charge in [0.25, 0.3) is 0 Å². The van der Waals surface area contributed by atoms with E-state index in [0.717, 1.165) is 349 Å². The third-order valence-corrected chi connectivity index (χ3v) is 2420. The number of hydrogen-bond acceptors (Lipinski definition) is 0. The Hall–Kier alpha value is 18.9. The second kappa shape index (κ2) is 36.0. The molecule has 0 spiro atoms. The molecular formula is C9H157B14Si83. The van der Waals surface area contributed by atoms with Gasteiger partial charge in [0.1, 0.15) is 0 Å². The molecule has 37 heterocycles. The lowest BCUT2D eigenvalue weighted by Crippen LogP contribution is -3.38. The molecule has 0 N–H and O–H groups in total. The fourth-order valence-corrected chi connectivity index (χ4v) is 6000. The lowest BCUT2D eigenvalue weighted by molar-refractivity contribution is 2.50. The average Bonchev–Trinajstić information content (AvgIpc) is 1.21. The van der Waals surface area contributed by atoms with E-state index in [2.05, 4.69) is 35.9 Å². The first-order valence-electron chi connectivity index (χ1n) is 47.8. The maximum atomic E-state index is 2.94. The molecule has 97 heteroatoms. The highest BCUT2D eigenvalue weighted by Gasteiger charge is 3.05. The number of rotatable bonds is 6. The number of fused-ring (bicyclic) bond motifs is 54. The highest BCUT2D eigenvalue weighted by atomic mass is 31.0. The molecule has 37 saturated heterocycles. The van der Waals surface area contributed by atoms with Gasteiger partial charge < -0.3 is 0 Å². The summed E-state index contributed by atoms with van der Waals surface area (Å²) in [6.07, 6.45) is 0. The Kier molecular flexibility index (Phi) is 31.5. The van der Waals surface area contributed by atoms with E-state index in [4.69, 9.17) is 0 Å². The monoisotopic (exact) mass is 2740 g/mol. The van der Waals surface area contributed by atoms with Gasteiger partial charge in [0.05, 0.1) is 79.8 Å². The van der Waals surface area contributed by atoms with E-state index in [0.29, 0.717) is 321 Å². The first-order valence-corrected chi connectivity index (χ1v) is 341. The molecule has 0 aromatic heterocycles. The largest absolute Gasteiger partial charge is 0.0960 e. The van der Waals surface area contributed by atoms with E-state index in [-0.39, 0.29) is 66.8 Å². The fraction of sp³-hybridized carbons (Fsp3) is 1.00. The van der Waals surface area contributed by atoms with Gasteiger partial charge in [0, 0.05) is 0 Å². The topological polar surface area (TPSA) is 0 Å². The molecule has 567 valence electrons. The minimum atomic E-state index is 0. The summed E-state index contributed by atoms with van der Waals surface area (Å²) in [5.41, 5.74) is 21.0. The maximum absolute atomic E-state index is 2.94. The SMILES string of the molecule is B12[SiH]3[SiH]1[SiH]1[SiH]2[SiH]31.B12[SiH]3[SiH]4[SiH]1[SiH]1[SiH]2[SiH]3[SiH]41.B12[SiH]3[SiH]4[SiH]1[SiH]1[SiH]4[SiH]4[SiH]1[SiH]1[SiH]5[SiH]2[SiH]3[SiH]5[SiH]14.B12[SiH]3[SiH]4[SiH]1[SiH]1[SiH]4[SiH]4[SiH]5[SiH]3[SiH]2[SiH]5[SiH]14.B12[SiH]3[SiH]4[SiH]1[SiH]1[SiH]5[SiH]2[SiH]3[SiH]5[SiH]41.C.C.C.C.C.C.C.C.C.[B]1[SiH2][SiH2]B([SiH2]B2[SiH2][SiH2][SiH2][SiH2]2)[SiH2][SiH2]1.[B]1[SiH2][SiH2][SiH2][SiH2]1.[B]1[SiH2][SiH2][SiH2][SiH2][SiH2]1.[SiH2]1[SiH2][SiH2]B([SiH2]B2[SiH2][SiH2][SiH2][SiH2]2)[SiH2]1.[SiH2]1[SiH2][SiH2]B([SiH2]B2[SiH2][SiH2][SiH2][SiH2][SiH2]2)[SiH2][SiH2]1. The van der Waals surface area contributed by atoms with Crippen molar-refractivity contribution in [3.63, 3.8) is 0 Å². The summed E-state index contributed by atoms with van der Waals surface area (Å²) >= 11 is 0. The maximum Gasteiger partial charge on any atom is 0.0960 e. The van der Waals surface area contributed by atoms with E-state index >= 15 is 0 Å². The standard InChI is InChI=1S/9CH4.B3H18Si9.B2H22Si11.B2H18Si9.BH13Si13.BH11Si11.BH9Si9.BH7Si7.BH5Si5.BH10Si5.BH8Si4/c;;;;;;;;;1-4-7-2(8-5-1)6-3-9-11-12-10-3;3(1-4-8-12-9-5-1)2-6-10-13-11-7-2;3(1-4-8-9-5-1)2-6-10-11-7-2;1-2-5-3(1)7-9(5)13-11(7)12-8-4(1)6(2)10(8)14(12)13;1-2-5-3(1)7-9(5)12-10-6(2)4(1)8(10)11(7)12;1-2-5-3(1)7-8-4(1)6(2)10(8)9(5)7;1-2-5-3(1)7-4(1)6(2)8(5)7;1-2-3(1)6-4(1)5(2)6;1-2-4-6-5-3-1;1-2-4-5-3-1/h9*1H4;4-12H2;3-13H2;3-11H2;2-14H;2-12H;2-10H;2-8H;2-6H;2-6H2;2-5H2. The Morgan fingerprint density at radius 3 is 0.509 bits per heavy atom. The van der Waals surface area contributed by atoms with Crippen molar-refractivity contribution in [1.82, 2.24) is 0 Å². The molecule has 32 atom stereocenters. The van der Waals surface area contributed by atoms with E-state index in [1.54, 1.807) is 22.0 Å². The van der Waals surface area contributed by atoms with Gasteiger partial charge in [-0.1, -0.05) is 66.8 Å². The van der Waals surface area contributed by atoms with Gasteiger partial charge in [0.2, 0.25) is 0 Å². The van der Waals surface area contributed by atoms with Crippen molar-refractivity contribution in [2.75, 3.05) is 0 Å². The van der Waals surface area contributed by atoms with Gasteiger partial charge in [-0.25, -0.2) is 0 Å². The Morgan fingerprint density at radius 1 is 0.142 bits per heavy atom. The zero-order chi connectivity index (χ0) is 61.3. The molecule has 37 aliphatic rings. The highest BCUT2D eigenvalue weighted by molar-refractivity contribution is 8.80. The molecule has 0 aromatic rings. The Balaban J connectivity index is 0.0000000782. The highest BCUT2D eigenvalue weighted by Crippen LogP contribution is 2.67. The number of hydrogen-bond donors (Lipinski definition) is 0. The van der Waals surface area contributed by atoms with Crippen LogP contribution in [0.15, 0.2) is 0 Å². The summed E-state index contributed by atoms with van der Waals surface area (Å²) in [5.74, 6) is 0. The first-order chi connectivity index (χ1) is 48.3. The Bertz CT molecular complexity index is 2490. The zero-order valence-electron chi connectivity index (χ0n) is 60.9. The Labute approximate surface area is 800 Å². The van der Waals surface area contributed by atoms with Crippen molar-refractivity contribution >= 4 is 749 Å². The third-order valence-electron chi connectivity index (χ3n) is 46.9. The van der Waals surface area contributed by atoms with Gasteiger partial charge in [-0.15, -0.1) is 0 Å². The summed E-state index contributed by atoms with van der Waals surface area (Å²) in [5, 5.41) is 0. The van der Waals surface area contributed by atoms with Gasteiger partial charge >= 0.3 is 0 Å². The van der Waals surface area contributed by atoms with Crippen LogP contribution in [0.2, 0.25) is 0 Å². The molecule has 0 saturated carbocycles. The summed E-state index contributed by atoms with van der Waals surface area (Å²) in [4.78, 5) is 0. The molecule has 37 rings (SSSR count). The van der Waals surface area contributed by atoms with E-state index in [1.807, 2.05) is 22.0 Å². The quantitative estimate of drug-likeness (QED) is 0.233. The van der Waals surface area contributed by atoms with Crippen LogP contribution in [0.1, 0.15) is 66.8 Å². The molecule has 0 amide bonds. The molecule has 0 aromatic carbocycles. The molecular weight excluding hydrogens is 2590 g/mol. The van der Waals surface area contributed by atoms with E-state index in [1.165, 1.54) is 0 Å². The minimum absolute atomic E-state index is 0. The molecule has 0 nitrogen and oxygen atoms in total. The van der Waals surface area contributed by atoms with Crippen LogP contribution < -0.4 is 0 Å². The normalized spacial score (nSPS) is 66.6. The van der Waals surface area contributed by atoms with Crippen LogP contribution in [0, 0.1) is 0 Å². The predicted molar refractivity (Wildman–Crippen MR) is 788 cm³/mol.